The van der Waals surface area contributed by atoms with Gasteiger partial charge < -0.3 is 19.7 Å². The Morgan fingerprint density at radius 1 is 1.38 bits per heavy atom. The number of methoxy groups -OCH3 is 2. The van der Waals surface area contributed by atoms with Crippen molar-refractivity contribution in [1.82, 2.24) is 4.72 Å². The van der Waals surface area contributed by atoms with E-state index in [1.165, 1.54) is 26.4 Å². The summed E-state index contributed by atoms with van der Waals surface area (Å²) < 4.78 is 36.1. The molecule has 1 unspecified atom stereocenters. The Morgan fingerprint density at radius 3 is 2.52 bits per heavy atom. The van der Waals surface area contributed by atoms with Gasteiger partial charge in [-0.25, -0.2) is 17.9 Å². The van der Waals surface area contributed by atoms with Crippen molar-refractivity contribution in [3.63, 3.8) is 0 Å². The minimum atomic E-state index is -3.98. The molecule has 0 aliphatic carbocycles. The number of carboxylic acid groups (broad SMARTS) is 1. The van der Waals surface area contributed by atoms with Crippen molar-refractivity contribution in [3.8, 4) is 5.75 Å². The molecule has 0 aliphatic heterocycles. The van der Waals surface area contributed by atoms with Crippen molar-refractivity contribution in [2.24, 2.45) is 0 Å². The Hall–Kier alpha value is -1.68. The third kappa shape index (κ3) is 4.39. The predicted molar refractivity (Wildman–Crippen MR) is 73.0 cm³/mol. The number of hydrogen-bond donors (Lipinski definition) is 3. The van der Waals surface area contributed by atoms with Crippen LogP contribution in [0.5, 0.6) is 5.75 Å². The first-order chi connectivity index (χ1) is 9.85. The smallest absolute Gasteiger partial charge is 0.339 e. The van der Waals surface area contributed by atoms with E-state index in [0.29, 0.717) is 0 Å². The summed E-state index contributed by atoms with van der Waals surface area (Å²) in [7, 11) is -1.33. The van der Waals surface area contributed by atoms with Crippen LogP contribution in [0.2, 0.25) is 0 Å². The van der Waals surface area contributed by atoms with E-state index in [2.05, 4.69) is 4.72 Å². The Bertz CT molecular complexity index is 600. The van der Waals surface area contributed by atoms with E-state index in [9.17, 15) is 13.2 Å². The average molecular weight is 319 g/mol. The summed E-state index contributed by atoms with van der Waals surface area (Å²) in [4.78, 5) is 10.8. The van der Waals surface area contributed by atoms with Gasteiger partial charge in [0.2, 0.25) is 10.0 Å². The summed E-state index contributed by atoms with van der Waals surface area (Å²) >= 11 is 0. The first-order valence-corrected chi connectivity index (χ1v) is 7.37. The summed E-state index contributed by atoms with van der Waals surface area (Å²) in [6.45, 7) is -0.466. The Labute approximate surface area is 122 Å². The molecule has 1 rings (SSSR count). The molecule has 0 saturated heterocycles. The van der Waals surface area contributed by atoms with Crippen molar-refractivity contribution in [1.29, 1.82) is 0 Å². The van der Waals surface area contributed by atoms with Gasteiger partial charge in [0.1, 0.15) is 11.3 Å². The molecule has 1 atom stereocenters. The van der Waals surface area contributed by atoms with Crippen LogP contribution in [0.1, 0.15) is 10.4 Å². The molecular formula is C12H17NO7S. The highest BCUT2D eigenvalue weighted by molar-refractivity contribution is 7.89. The zero-order chi connectivity index (χ0) is 16.0. The fourth-order valence-electron chi connectivity index (χ4n) is 1.63. The number of hydrogen-bond acceptors (Lipinski definition) is 6. The molecule has 0 saturated carbocycles. The number of benzene rings is 1. The van der Waals surface area contributed by atoms with Crippen LogP contribution in [-0.4, -0.2) is 58.1 Å². The Balaban J connectivity index is 3.14. The monoisotopic (exact) mass is 319 g/mol. The molecule has 0 radical (unpaired) electrons. The summed E-state index contributed by atoms with van der Waals surface area (Å²) in [5.74, 6) is -1.25. The van der Waals surface area contributed by atoms with Crippen molar-refractivity contribution < 1.29 is 32.9 Å². The lowest BCUT2D eigenvalue weighted by Gasteiger charge is -2.16. The zero-order valence-electron chi connectivity index (χ0n) is 11.6. The van der Waals surface area contributed by atoms with Crippen LogP contribution in [0.4, 0.5) is 0 Å². The molecule has 8 nitrogen and oxygen atoms in total. The highest BCUT2D eigenvalue weighted by Gasteiger charge is 2.22. The van der Waals surface area contributed by atoms with E-state index in [4.69, 9.17) is 19.7 Å². The molecule has 0 aromatic heterocycles. The van der Waals surface area contributed by atoms with Crippen LogP contribution < -0.4 is 9.46 Å². The summed E-state index contributed by atoms with van der Waals surface area (Å²) in [5, 5.41) is 18.1. The van der Waals surface area contributed by atoms with Crippen molar-refractivity contribution in [2.45, 2.75) is 10.9 Å². The molecule has 0 aliphatic rings. The number of carbonyl (C=O) groups is 1. The highest BCUT2D eigenvalue weighted by Crippen LogP contribution is 2.22. The van der Waals surface area contributed by atoms with E-state index in [-0.39, 0.29) is 22.8 Å². The minimum Gasteiger partial charge on any atom is -0.496 e. The molecule has 0 spiro atoms. The second-order valence-electron chi connectivity index (χ2n) is 4.12. The van der Waals surface area contributed by atoms with Gasteiger partial charge in [-0.05, 0) is 18.2 Å². The normalized spacial score (nSPS) is 12.9. The fraction of sp³-hybridized carbons (Fsp3) is 0.417. The molecule has 0 amide bonds. The lowest BCUT2D eigenvalue weighted by Crippen LogP contribution is -2.40. The standard InChI is InChI=1S/C12H17NO7S/c1-19-7-8(6-14)13-21(17,18)9-3-4-11(20-2)10(5-9)12(15)16/h3-5,8,13-14H,6-7H2,1-2H3,(H,15,16). The van der Waals surface area contributed by atoms with Gasteiger partial charge in [-0.1, -0.05) is 0 Å². The second-order valence-corrected chi connectivity index (χ2v) is 5.84. The molecule has 118 valence electrons. The summed E-state index contributed by atoms with van der Waals surface area (Å²) in [6.07, 6.45) is 0. The van der Waals surface area contributed by atoms with Crippen molar-refractivity contribution in [2.75, 3.05) is 27.4 Å². The number of aliphatic hydroxyl groups is 1. The van der Waals surface area contributed by atoms with Gasteiger partial charge in [-0.2, -0.15) is 0 Å². The first-order valence-electron chi connectivity index (χ1n) is 5.89. The molecular weight excluding hydrogens is 302 g/mol. The van der Waals surface area contributed by atoms with Gasteiger partial charge in [-0.3, -0.25) is 0 Å². The highest BCUT2D eigenvalue weighted by atomic mass is 32.2. The van der Waals surface area contributed by atoms with Gasteiger partial charge in [-0.15, -0.1) is 0 Å². The van der Waals surface area contributed by atoms with Gasteiger partial charge in [0.05, 0.1) is 31.3 Å². The van der Waals surface area contributed by atoms with Crippen LogP contribution in [-0.2, 0) is 14.8 Å². The third-order valence-corrected chi connectivity index (χ3v) is 4.14. The Kier molecular flexibility index (Phi) is 6.09. The van der Waals surface area contributed by atoms with Crippen molar-refractivity contribution >= 4 is 16.0 Å². The molecule has 0 fully saturated rings. The van der Waals surface area contributed by atoms with E-state index in [1.54, 1.807) is 0 Å². The molecule has 1 aromatic carbocycles. The molecule has 21 heavy (non-hydrogen) atoms. The van der Waals surface area contributed by atoms with Gasteiger partial charge >= 0.3 is 5.97 Å². The molecule has 9 heteroatoms. The van der Waals surface area contributed by atoms with E-state index < -0.39 is 28.6 Å². The molecule has 0 heterocycles. The van der Waals surface area contributed by atoms with Crippen molar-refractivity contribution in [3.05, 3.63) is 23.8 Å². The van der Waals surface area contributed by atoms with Crippen LogP contribution in [0.15, 0.2) is 23.1 Å². The van der Waals surface area contributed by atoms with Crippen LogP contribution >= 0.6 is 0 Å². The number of carboxylic acids is 1. The van der Waals surface area contributed by atoms with Crippen LogP contribution in [0.25, 0.3) is 0 Å². The lowest BCUT2D eigenvalue weighted by molar-refractivity contribution is 0.0693. The maximum Gasteiger partial charge on any atom is 0.339 e. The summed E-state index contributed by atoms with van der Waals surface area (Å²) in [6, 6.07) is 2.64. The van der Waals surface area contributed by atoms with Gasteiger partial charge in [0.25, 0.3) is 0 Å². The van der Waals surface area contributed by atoms with Crippen LogP contribution in [0.3, 0.4) is 0 Å². The van der Waals surface area contributed by atoms with Gasteiger partial charge in [0, 0.05) is 7.11 Å². The maximum atomic E-state index is 12.1. The topological polar surface area (TPSA) is 122 Å². The SMILES string of the molecule is COCC(CO)NS(=O)(=O)c1ccc(OC)c(C(=O)O)c1. The number of sulfonamides is 1. The predicted octanol–water partition coefficient (Wildman–Crippen LogP) is -0.321. The maximum absolute atomic E-state index is 12.1. The number of nitrogens with one attached hydrogen (secondary N) is 1. The quantitative estimate of drug-likeness (QED) is 0.600. The molecule has 0 bridgehead atoms. The largest absolute Gasteiger partial charge is 0.496 e. The Morgan fingerprint density at radius 2 is 2.05 bits per heavy atom. The molecule has 1 aromatic rings. The number of ether oxygens (including phenoxy) is 2. The number of aromatic carboxylic acids is 1. The van der Waals surface area contributed by atoms with Crippen LogP contribution in [0, 0.1) is 0 Å². The second kappa shape index (κ2) is 7.36. The summed E-state index contributed by atoms with van der Waals surface area (Å²) in [5.41, 5.74) is -0.271. The van der Waals surface area contributed by atoms with Gasteiger partial charge in [0.15, 0.2) is 0 Å². The van der Waals surface area contributed by atoms with E-state index >= 15 is 0 Å². The number of rotatable bonds is 8. The number of aliphatic hydroxyl groups excluding tert-OH is 1. The minimum absolute atomic E-state index is 0.0162. The average Bonchev–Trinajstić information content (AvgIpc) is 2.45. The third-order valence-electron chi connectivity index (χ3n) is 2.62. The fourth-order valence-corrected chi connectivity index (χ4v) is 2.87. The first kappa shape index (κ1) is 17.4. The zero-order valence-corrected chi connectivity index (χ0v) is 12.4. The van der Waals surface area contributed by atoms with E-state index in [0.717, 1.165) is 6.07 Å². The lowest BCUT2D eigenvalue weighted by atomic mass is 10.2. The molecule has 3 N–H and O–H groups in total. The van der Waals surface area contributed by atoms with E-state index in [1.807, 2.05) is 0 Å².